The third-order valence-corrected chi connectivity index (χ3v) is 4.13. The lowest BCUT2D eigenvalue weighted by Crippen LogP contribution is -2.34. The summed E-state index contributed by atoms with van der Waals surface area (Å²) in [5, 5.41) is 7.80. The minimum atomic E-state index is -0.298. The highest BCUT2D eigenvalue weighted by Gasteiger charge is 2.14. The molecule has 2 heterocycles. The van der Waals surface area contributed by atoms with Crippen LogP contribution in [0.4, 0.5) is 0 Å². The van der Waals surface area contributed by atoms with Crippen molar-refractivity contribution in [2.24, 2.45) is 7.05 Å². The van der Waals surface area contributed by atoms with Gasteiger partial charge in [0.05, 0.1) is 12.2 Å². The molecule has 7 nitrogen and oxygen atoms in total. The zero-order valence-electron chi connectivity index (χ0n) is 13.2. The van der Waals surface area contributed by atoms with E-state index in [1.165, 1.54) is 21.8 Å². The van der Waals surface area contributed by atoms with E-state index in [0.717, 1.165) is 5.56 Å². The number of rotatable bonds is 4. The molecule has 3 aromatic rings. The number of hydrogen-bond donors (Lipinski definition) is 1. The van der Waals surface area contributed by atoms with Gasteiger partial charge in [0.1, 0.15) is 18.3 Å². The van der Waals surface area contributed by atoms with Gasteiger partial charge < -0.3 is 5.32 Å². The van der Waals surface area contributed by atoms with Crippen LogP contribution in [0.15, 0.2) is 41.6 Å². The van der Waals surface area contributed by atoms with Crippen molar-refractivity contribution >= 4 is 28.5 Å². The minimum absolute atomic E-state index is 0.120. The number of nitrogens with one attached hydrogen (secondary N) is 1. The van der Waals surface area contributed by atoms with Crippen LogP contribution in [0, 0.1) is 0 Å². The van der Waals surface area contributed by atoms with Crippen molar-refractivity contribution in [1.29, 1.82) is 0 Å². The molecule has 0 aliphatic rings. The molecule has 0 fully saturated rings. The number of aryl methyl sites for hydroxylation is 1. The molecule has 0 aliphatic carbocycles. The van der Waals surface area contributed by atoms with E-state index in [9.17, 15) is 9.59 Å². The van der Waals surface area contributed by atoms with Gasteiger partial charge in [-0.25, -0.2) is 4.98 Å². The second-order valence-electron chi connectivity index (χ2n) is 5.49. The van der Waals surface area contributed by atoms with E-state index in [-0.39, 0.29) is 24.1 Å². The fraction of sp³-hybridized carbons (Fsp3) is 0.250. The standard InChI is InChI=1S/C16H16ClN5O2/c1-10(11-5-3-4-6-13(11)17)20-14(23)8-22-9-18-15-12(16(22)24)7-19-21(15)2/h3-7,9-10H,8H2,1-2H3,(H,20,23)/t10-/m1/s1. The van der Waals surface area contributed by atoms with Gasteiger partial charge in [0.2, 0.25) is 5.91 Å². The normalized spacial score (nSPS) is 12.3. The zero-order valence-corrected chi connectivity index (χ0v) is 14.0. The number of fused-ring (bicyclic) bond motifs is 1. The first-order chi connectivity index (χ1) is 11.5. The van der Waals surface area contributed by atoms with Crippen molar-refractivity contribution in [1.82, 2.24) is 24.6 Å². The van der Waals surface area contributed by atoms with E-state index in [1.807, 2.05) is 25.1 Å². The first kappa shape index (κ1) is 16.2. The van der Waals surface area contributed by atoms with E-state index in [4.69, 9.17) is 11.6 Å². The minimum Gasteiger partial charge on any atom is -0.348 e. The highest BCUT2D eigenvalue weighted by Crippen LogP contribution is 2.21. The molecule has 1 aromatic carbocycles. The smallest absolute Gasteiger partial charge is 0.264 e. The number of amides is 1. The van der Waals surface area contributed by atoms with E-state index in [0.29, 0.717) is 16.1 Å². The third kappa shape index (κ3) is 3.03. The molecule has 2 aromatic heterocycles. The molecule has 0 spiro atoms. The number of carbonyl (C=O) groups is 1. The van der Waals surface area contributed by atoms with Crippen LogP contribution in [0.1, 0.15) is 18.5 Å². The zero-order chi connectivity index (χ0) is 17.3. The maximum atomic E-state index is 12.4. The number of hydrogen-bond acceptors (Lipinski definition) is 4. The molecule has 24 heavy (non-hydrogen) atoms. The Morgan fingerprint density at radius 3 is 2.88 bits per heavy atom. The summed E-state index contributed by atoms with van der Waals surface area (Å²) in [7, 11) is 1.71. The van der Waals surface area contributed by atoms with Crippen LogP contribution in [0.5, 0.6) is 0 Å². The molecule has 1 N–H and O–H groups in total. The van der Waals surface area contributed by atoms with Crippen molar-refractivity contribution in [2.75, 3.05) is 0 Å². The van der Waals surface area contributed by atoms with Gasteiger partial charge in [-0.1, -0.05) is 29.8 Å². The van der Waals surface area contributed by atoms with E-state index >= 15 is 0 Å². The Kier molecular flexibility index (Phi) is 4.35. The van der Waals surface area contributed by atoms with Gasteiger partial charge in [0.15, 0.2) is 5.65 Å². The van der Waals surface area contributed by atoms with Gasteiger partial charge in [0, 0.05) is 12.1 Å². The van der Waals surface area contributed by atoms with Crippen molar-refractivity contribution in [2.45, 2.75) is 19.5 Å². The number of aromatic nitrogens is 4. The Hall–Kier alpha value is -2.67. The molecule has 3 rings (SSSR count). The van der Waals surface area contributed by atoms with Crippen molar-refractivity contribution < 1.29 is 4.79 Å². The molecule has 8 heteroatoms. The summed E-state index contributed by atoms with van der Waals surface area (Å²) in [4.78, 5) is 28.8. The molecule has 0 aliphatic heterocycles. The molecular formula is C16H16ClN5O2. The van der Waals surface area contributed by atoms with Gasteiger partial charge >= 0.3 is 0 Å². The lowest BCUT2D eigenvalue weighted by Gasteiger charge is -2.16. The first-order valence-corrected chi connectivity index (χ1v) is 7.76. The van der Waals surface area contributed by atoms with E-state index in [2.05, 4.69) is 15.4 Å². The summed E-state index contributed by atoms with van der Waals surface area (Å²) in [6.07, 6.45) is 2.80. The first-order valence-electron chi connectivity index (χ1n) is 7.38. The van der Waals surface area contributed by atoms with E-state index in [1.54, 1.807) is 13.1 Å². The fourth-order valence-corrected chi connectivity index (χ4v) is 2.82. The summed E-state index contributed by atoms with van der Waals surface area (Å²) in [6, 6.07) is 7.04. The molecule has 0 saturated carbocycles. The molecule has 0 saturated heterocycles. The van der Waals surface area contributed by atoms with Crippen LogP contribution in [0.3, 0.4) is 0 Å². The van der Waals surface area contributed by atoms with Crippen LogP contribution in [0.2, 0.25) is 5.02 Å². The van der Waals surface area contributed by atoms with Gasteiger partial charge in [-0.2, -0.15) is 5.10 Å². The average Bonchev–Trinajstić information content (AvgIpc) is 2.92. The Morgan fingerprint density at radius 2 is 2.12 bits per heavy atom. The lowest BCUT2D eigenvalue weighted by atomic mass is 10.1. The van der Waals surface area contributed by atoms with Crippen LogP contribution < -0.4 is 10.9 Å². The Morgan fingerprint density at radius 1 is 1.38 bits per heavy atom. The summed E-state index contributed by atoms with van der Waals surface area (Å²) in [6.45, 7) is 1.72. The summed E-state index contributed by atoms with van der Waals surface area (Å²) in [5.74, 6) is -0.297. The van der Waals surface area contributed by atoms with Crippen molar-refractivity contribution in [3.8, 4) is 0 Å². The maximum Gasteiger partial charge on any atom is 0.264 e. The number of nitrogens with zero attached hydrogens (tertiary/aromatic N) is 4. The third-order valence-electron chi connectivity index (χ3n) is 3.78. The van der Waals surface area contributed by atoms with Gasteiger partial charge in [-0.15, -0.1) is 0 Å². The molecular weight excluding hydrogens is 330 g/mol. The highest BCUT2D eigenvalue weighted by atomic mass is 35.5. The SMILES string of the molecule is C[C@@H](NC(=O)Cn1cnc2c(cnn2C)c1=O)c1ccccc1Cl. The molecule has 0 unspecified atom stereocenters. The highest BCUT2D eigenvalue weighted by molar-refractivity contribution is 6.31. The summed E-state index contributed by atoms with van der Waals surface area (Å²) < 4.78 is 2.78. The number of halogens is 1. The lowest BCUT2D eigenvalue weighted by molar-refractivity contribution is -0.122. The Labute approximate surface area is 142 Å². The van der Waals surface area contributed by atoms with Crippen LogP contribution in [-0.2, 0) is 18.4 Å². The molecule has 0 bridgehead atoms. The summed E-state index contributed by atoms with van der Waals surface area (Å²) in [5.41, 5.74) is 1.01. The Bertz CT molecular complexity index is 963. The summed E-state index contributed by atoms with van der Waals surface area (Å²) >= 11 is 6.13. The number of carbonyl (C=O) groups excluding carboxylic acids is 1. The second-order valence-corrected chi connectivity index (χ2v) is 5.90. The van der Waals surface area contributed by atoms with Crippen LogP contribution >= 0.6 is 11.6 Å². The van der Waals surface area contributed by atoms with Crippen LogP contribution in [-0.4, -0.2) is 25.2 Å². The van der Waals surface area contributed by atoms with Gasteiger partial charge in [0.25, 0.3) is 5.56 Å². The van der Waals surface area contributed by atoms with Crippen molar-refractivity contribution in [3.05, 3.63) is 57.7 Å². The van der Waals surface area contributed by atoms with E-state index < -0.39 is 0 Å². The van der Waals surface area contributed by atoms with Crippen LogP contribution in [0.25, 0.3) is 11.0 Å². The predicted molar refractivity (Wildman–Crippen MR) is 90.8 cm³/mol. The molecule has 124 valence electrons. The number of benzene rings is 1. The largest absolute Gasteiger partial charge is 0.348 e. The van der Waals surface area contributed by atoms with Crippen molar-refractivity contribution in [3.63, 3.8) is 0 Å². The molecule has 1 atom stereocenters. The molecule has 0 radical (unpaired) electrons. The fourth-order valence-electron chi connectivity index (χ4n) is 2.53. The second kappa shape index (κ2) is 6.45. The Balaban J connectivity index is 1.77. The predicted octanol–water partition coefficient (Wildman–Crippen LogP) is 1.66. The average molecular weight is 346 g/mol. The molecule has 1 amide bonds. The quantitative estimate of drug-likeness (QED) is 0.779. The van der Waals surface area contributed by atoms with Gasteiger partial charge in [-0.3, -0.25) is 18.8 Å². The maximum absolute atomic E-state index is 12.4. The monoisotopic (exact) mass is 345 g/mol. The topological polar surface area (TPSA) is 81.8 Å². The van der Waals surface area contributed by atoms with Gasteiger partial charge in [-0.05, 0) is 18.6 Å².